The molecular formula is C65H87BO6. The molecule has 0 bridgehead atoms. The number of hydrogen-bond acceptors (Lipinski definition) is 6. The molecule has 1 aliphatic rings. The van der Waals surface area contributed by atoms with Crippen molar-refractivity contribution in [3.05, 3.63) is 171 Å². The topological polar surface area (TPSA) is 93.1 Å². The Kier molecular flexibility index (Phi) is 21.2. The second kappa shape index (κ2) is 25.7. The zero-order valence-electron chi connectivity index (χ0n) is 46.7. The van der Waals surface area contributed by atoms with Gasteiger partial charge in [0.2, 0.25) is 0 Å². The second-order valence-electron chi connectivity index (χ2n) is 20.9. The molecule has 0 radical (unpaired) electrons. The first-order valence-electron chi connectivity index (χ1n) is 26.8. The number of hydrogen-bond donors (Lipinski definition) is 2. The molecule has 0 aliphatic carbocycles. The maximum absolute atomic E-state index is 10.6. The lowest BCUT2D eigenvalue weighted by molar-refractivity contribution is -0.191. The van der Waals surface area contributed by atoms with E-state index in [-0.39, 0.29) is 35.3 Å². The van der Waals surface area contributed by atoms with Gasteiger partial charge in [0.1, 0.15) is 0 Å². The zero-order valence-corrected chi connectivity index (χ0v) is 46.7. The fraction of sp³-hybridized carbons (Fsp3) is 0.462. The SMILES string of the molecule is CCC(O)(/C=C/c1ccc(C(CC)(CC)c2ccc(B3OC(C)(C)C(C)(C)O3)cc2)cc1C)CC.CCc1ccc(-c2ccc(C(CC)(CC)c3ccc(/C=C/C(O)(CC)CC)c(C)c3)cc2)cc1.O=C=O. The van der Waals surface area contributed by atoms with Crippen molar-refractivity contribution in [3.8, 4) is 11.1 Å². The number of aliphatic hydroxyl groups is 2. The highest BCUT2D eigenvalue weighted by atomic mass is 16.7. The summed E-state index contributed by atoms with van der Waals surface area (Å²) >= 11 is 0. The van der Waals surface area contributed by atoms with Gasteiger partial charge in [0.25, 0.3) is 0 Å². The lowest BCUT2D eigenvalue weighted by atomic mass is 9.69. The van der Waals surface area contributed by atoms with Crippen LogP contribution >= 0.6 is 0 Å². The first kappa shape index (κ1) is 59.4. The van der Waals surface area contributed by atoms with E-state index in [0.29, 0.717) is 12.8 Å². The van der Waals surface area contributed by atoms with Crippen molar-refractivity contribution in [1.82, 2.24) is 0 Å². The number of carbonyl (C=O) groups excluding carboxylic acids is 2. The molecule has 386 valence electrons. The minimum Gasteiger partial charge on any atom is -0.399 e. The molecule has 0 unspecified atom stereocenters. The Balaban J connectivity index is 0.000000296. The van der Waals surface area contributed by atoms with Gasteiger partial charge >= 0.3 is 13.3 Å². The van der Waals surface area contributed by atoms with Crippen LogP contribution in [0.25, 0.3) is 23.3 Å². The van der Waals surface area contributed by atoms with E-state index in [1.54, 1.807) is 0 Å². The molecule has 0 spiro atoms. The summed E-state index contributed by atoms with van der Waals surface area (Å²) < 4.78 is 12.5. The van der Waals surface area contributed by atoms with Crippen LogP contribution in [0.5, 0.6) is 0 Å². The molecule has 2 N–H and O–H groups in total. The zero-order chi connectivity index (χ0) is 53.5. The summed E-state index contributed by atoms with van der Waals surface area (Å²) in [6.45, 7) is 32.2. The highest BCUT2D eigenvalue weighted by molar-refractivity contribution is 6.62. The second-order valence-corrected chi connectivity index (χ2v) is 20.9. The van der Waals surface area contributed by atoms with Crippen molar-refractivity contribution in [2.24, 2.45) is 0 Å². The van der Waals surface area contributed by atoms with Crippen molar-refractivity contribution < 1.29 is 29.1 Å². The van der Waals surface area contributed by atoms with Crippen molar-refractivity contribution in [3.63, 3.8) is 0 Å². The third-order valence-electron chi connectivity index (χ3n) is 16.8. The fourth-order valence-electron chi connectivity index (χ4n) is 10.1. The molecule has 1 aliphatic heterocycles. The summed E-state index contributed by atoms with van der Waals surface area (Å²) in [5.74, 6) is 0. The monoisotopic (exact) mass is 975 g/mol. The highest BCUT2D eigenvalue weighted by Crippen LogP contribution is 2.42. The van der Waals surface area contributed by atoms with Gasteiger partial charge in [-0.25, -0.2) is 0 Å². The summed E-state index contributed by atoms with van der Waals surface area (Å²) in [5, 5.41) is 21.3. The fourth-order valence-corrected chi connectivity index (χ4v) is 10.1. The van der Waals surface area contributed by atoms with Gasteiger partial charge in [0, 0.05) is 10.8 Å². The summed E-state index contributed by atoms with van der Waals surface area (Å²) in [6, 6.07) is 40.6. The normalized spacial score (nSPS) is 14.7. The number of aryl methyl sites for hydroxylation is 3. The average Bonchev–Trinajstić information content (AvgIpc) is 3.62. The number of rotatable bonds is 19. The molecule has 6 nitrogen and oxygen atoms in total. The molecule has 6 rings (SSSR count). The van der Waals surface area contributed by atoms with E-state index in [0.717, 1.165) is 56.0 Å². The van der Waals surface area contributed by atoms with Crippen LogP contribution in [-0.2, 0) is 36.1 Å². The van der Waals surface area contributed by atoms with E-state index < -0.39 is 11.2 Å². The summed E-state index contributed by atoms with van der Waals surface area (Å²) in [5.41, 5.74) is 13.0. The standard InChI is InChI=1S/C33H42O.C31H45BO3.CO2/c1-7-26-12-14-28(15-13-26)29-17-19-30(20-18-29)33(10-4,11-5)31-21-16-27(25(6)24-31)22-23-32(34,8-2)9-3;1-10-30(33,11-2)21-20-24-14-15-26(22-23(24)5)31(12-3,13-4)25-16-18-27(19-17-25)32-34-28(6,7)29(8,9)35-32;2-1-3/h12-24,34H,7-11H2,1-6H3;14-22,33H,10-13H2,1-9H3;/b23-22+;21-20+;. The van der Waals surface area contributed by atoms with Crippen molar-refractivity contribution in [2.75, 3.05) is 0 Å². The van der Waals surface area contributed by atoms with Crippen molar-refractivity contribution in [2.45, 2.75) is 195 Å². The van der Waals surface area contributed by atoms with Crippen molar-refractivity contribution in [1.29, 1.82) is 0 Å². The molecule has 0 saturated carbocycles. The Bertz CT molecular complexity index is 2550. The van der Waals surface area contributed by atoms with Crippen LogP contribution in [-0.4, -0.2) is 45.9 Å². The third kappa shape index (κ3) is 13.5. The third-order valence-corrected chi connectivity index (χ3v) is 16.8. The van der Waals surface area contributed by atoms with E-state index in [1.165, 1.54) is 55.6 Å². The molecule has 5 aromatic rings. The van der Waals surface area contributed by atoms with Gasteiger partial charge in [-0.05, 0) is 166 Å². The van der Waals surface area contributed by atoms with Crippen LogP contribution in [0.1, 0.15) is 191 Å². The Hall–Kier alpha value is -5.14. The lowest BCUT2D eigenvalue weighted by Crippen LogP contribution is -2.41. The van der Waals surface area contributed by atoms with E-state index in [9.17, 15) is 10.2 Å². The quantitative estimate of drug-likeness (QED) is 0.0801. The van der Waals surface area contributed by atoms with E-state index in [4.69, 9.17) is 18.9 Å². The van der Waals surface area contributed by atoms with Crippen LogP contribution < -0.4 is 5.46 Å². The Labute approximate surface area is 435 Å². The summed E-state index contributed by atoms with van der Waals surface area (Å²) in [4.78, 5) is 16.2. The van der Waals surface area contributed by atoms with Crippen LogP contribution in [0, 0.1) is 13.8 Å². The molecular weight excluding hydrogens is 888 g/mol. The molecule has 5 aromatic carbocycles. The predicted molar refractivity (Wildman–Crippen MR) is 303 cm³/mol. The molecule has 1 saturated heterocycles. The van der Waals surface area contributed by atoms with Gasteiger partial charge in [-0.1, -0.05) is 196 Å². The van der Waals surface area contributed by atoms with E-state index >= 15 is 0 Å². The summed E-state index contributed by atoms with van der Waals surface area (Å²) in [6.07, 6.45) is 16.4. The predicted octanol–water partition coefficient (Wildman–Crippen LogP) is 15.3. The van der Waals surface area contributed by atoms with E-state index in [1.807, 2.05) is 39.8 Å². The van der Waals surface area contributed by atoms with Crippen LogP contribution in [0.3, 0.4) is 0 Å². The van der Waals surface area contributed by atoms with Crippen LogP contribution in [0.15, 0.2) is 121 Å². The summed E-state index contributed by atoms with van der Waals surface area (Å²) in [7, 11) is -0.343. The largest absolute Gasteiger partial charge is 0.494 e. The molecule has 72 heavy (non-hydrogen) atoms. The Morgan fingerprint density at radius 1 is 0.486 bits per heavy atom. The van der Waals surface area contributed by atoms with Crippen LogP contribution in [0.2, 0.25) is 0 Å². The Morgan fingerprint density at radius 2 is 0.806 bits per heavy atom. The average molecular weight is 975 g/mol. The maximum atomic E-state index is 10.6. The molecule has 7 heteroatoms. The van der Waals surface area contributed by atoms with Gasteiger partial charge < -0.3 is 19.5 Å². The lowest BCUT2D eigenvalue weighted by Gasteiger charge is -2.34. The minimum absolute atomic E-state index is 0.00875. The molecule has 0 aromatic heterocycles. The first-order valence-corrected chi connectivity index (χ1v) is 26.8. The first-order chi connectivity index (χ1) is 34.1. The smallest absolute Gasteiger partial charge is 0.399 e. The van der Waals surface area contributed by atoms with Gasteiger partial charge in [0.15, 0.2) is 0 Å². The maximum Gasteiger partial charge on any atom is 0.494 e. The van der Waals surface area contributed by atoms with Crippen LogP contribution in [0.4, 0.5) is 0 Å². The van der Waals surface area contributed by atoms with Gasteiger partial charge in [-0.2, -0.15) is 9.59 Å². The van der Waals surface area contributed by atoms with Gasteiger partial charge in [-0.15, -0.1) is 0 Å². The van der Waals surface area contributed by atoms with Crippen molar-refractivity contribution >= 4 is 30.9 Å². The molecule has 0 amide bonds. The minimum atomic E-state index is -0.735. The Morgan fingerprint density at radius 3 is 1.11 bits per heavy atom. The highest BCUT2D eigenvalue weighted by Gasteiger charge is 2.51. The van der Waals surface area contributed by atoms with Gasteiger partial charge in [0.05, 0.1) is 22.4 Å². The molecule has 1 heterocycles. The molecule has 0 atom stereocenters. The van der Waals surface area contributed by atoms with Gasteiger partial charge in [-0.3, -0.25) is 0 Å². The van der Waals surface area contributed by atoms with E-state index in [2.05, 4.69) is 198 Å². The number of benzene rings is 5. The molecule has 1 fully saturated rings.